The van der Waals surface area contributed by atoms with Gasteiger partial charge < -0.3 is 9.22 Å². The van der Waals surface area contributed by atoms with E-state index in [-0.39, 0.29) is 5.97 Å². The van der Waals surface area contributed by atoms with E-state index in [0.29, 0.717) is 12.2 Å². The number of hydrogen-bond donors (Lipinski definition) is 0. The van der Waals surface area contributed by atoms with Gasteiger partial charge in [-0.1, -0.05) is 37.8 Å². The van der Waals surface area contributed by atoms with E-state index in [4.69, 9.17) is 4.74 Å². The van der Waals surface area contributed by atoms with Gasteiger partial charge in [-0.05, 0) is 12.5 Å². The predicted molar refractivity (Wildman–Crippen MR) is 110 cm³/mol. The van der Waals surface area contributed by atoms with E-state index in [1.165, 1.54) is 12.5 Å². The van der Waals surface area contributed by atoms with Crippen LogP contribution in [0.4, 0.5) is 0 Å². The van der Waals surface area contributed by atoms with Gasteiger partial charge in [-0.2, -0.15) is 0 Å². The third-order valence-electron chi connectivity index (χ3n) is 4.88. The third kappa shape index (κ3) is 5.92. The van der Waals surface area contributed by atoms with Gasteiger partial charge in [0.05, 0.1) is 31.6 Å². The Morgan fingerprint density at radius 2 is 1.81 bits per heavy atom. The summed E-state index contributed by atoms with van der Waals surface area (Å²) in [5.41, 5.74) is 1.67. The SMILES string of the molecule is C[n+]1ccc(C(=O)OCC[N+](C)(C)CCC[Si](C)(C)C)c2ccccc21. The smallest absolute Gasteiger partial charge is 0.339 e. The Kier molecular flexibility index (Phi) is 6.58. The van der Waals surface area contributed by atoms with E-state index in [2.05, 4.69) is 33.7 Å². The molecule has 0 fully saturated rings. The molecule has 2 aromatic rings. The van der Waals surface area contributed by atoms with E-state index in [1.807, 2.05) is 48.1 Å². The lowest BCUT2D eigenvalue weighted by atomic mass is 10.1. The minimum atomic E-state index is -0.978. The molecular weight excluding hydrogens is 340 g/mol. The molecule has 0 atom stereocenters. The quantitative estimate of drug-likeness (QED) is 0.306. The fourth-order valence-corrected chi connectivity index (χ4v) is 4.37. The second-order valence-corrected chi connectivity index (χ2v) is 14.7. The highest BCUT2D eigenvalue weighted by atomic mass is 28.3. The van der Waals surface area contributed by atoms with E-state index in [0.717, 1.165) is 28.5 Å². The topological polar surface area (TPSA) is 30.2 Å². The predicted octanol–water partition coefficient (Wildman–Crippen LogP) is 3.63. The molecule has 1 aromatic heterocycles. The Balaban J connectivity index is 1.92. The number of pyridine rings is 1. The summed E-state index contributed by atoms with van der Waals surface area (Å²) in [5.74, 6) is -0.233. The number of hydrogen-bond acceptors (Lipinski definition) is 2. The first-order valence-corrected chi connectivity index (χ1v) is 13.2. The molecule has 142 valence electrons. The van der Waals surface area contributed by atoms with Crippen LogP contribution in [0, 0.1) is 0 Å². The Labute approximate surface area is 159 Å². The van der Waals surface area contributed by atoms with Gasteiger partial charge in [0.2, 0.25) is 5.52 Å². The molecule has 2 rings (SSSR count). The molecule has 1 heterocycles. The molecule has 0 amide bonds. The minimum Gasteiger partial charge on any atom is -0.456 e. The lowest BCUT2D eigenvalue weighted by Gasteiger charge is -2.30. The van der Waals surface area contributed by atoms with Crippen molar-refractivity contribution in [3.8, 4) is 0 Å². The monoisotopic (exact) mass is 374 g/mol. The highest BCUT2D eigenvalue weighted by Crippen LogP contribution is 2.16. The van der Waals surface area contributed by atoms with Gasteiger partial charge in [-0.3, -0.25) is 0 Å². The molecule has 0 radical (unpaired) electrons. The van der Waals surface area contributed by atoms with Crippen molar-refractivity contribution in [1.29, 1.82) is 0 Å². The first-order valence-electron chi connectivity index (χ1n) is 9.46. The summed E-state index contributed by atoms with van der Waals surface area (Å²) in [4.78, 5) is 12.6. The number of fused-ring (bicyclic) bond motifs is 1. The summed E-state index contributed by atoms with van der Waals surface area (Å²) in [7, 11) is 5.44. The number of carbonyl (C=O) groups excluding carboxylic acids is 1. The summed E-state index contributed by atoms with van der Waals surface area (Å²) in [6.45, 7) is 9.67. The van der Waals surface area contributed by atoms with Crippen LogP contribution in [-0.2, 0) is 11.8 Å². The molecule has 1 aromatic carbocycles. The number of ether oxygens (including phenoxy) is 1. The van der Waals surface area contributed by atoms with E-state index in [1.54, 1.807) is 0 Å². The van der Waals surface area contributed by atoms with Crippen LogP contribution >= 0.6 is 0 Å². The standard InChI is InChI=1S/C21H34N2O2Si/c1-22-13-12-19(18-10-7-8-11-20(18)22)21(24)25-16-15-23(2,3)14-9-17-26(4,5)6/h7-8,10-13H,9,14-17H2,1-6H3/q+2. The van der Waals surface area contributed by atoms with E-state index < -0.39 is 8.07 Å². The Hall–Kier alpha value is -1.72. The van der Waals surface area contributed by atoms with Crippen molar-refractivity contribution in [3.63, 3.8) is 0 Å². The molecule has 0 bridgehead atoms. The van der Waals surface area contributed by atoms with Gasteiger partial charge >= 0.3 is 5.97 Å². The summed E-state index contributed by atoms with van der Waals surface area (Å²) < 4.78 is 8.51. The largest absolute Gasteiger partial charge is 0.456 e. The molecule has 0 unspecified atom stereocenters. The second-order valence-electron chi connectivity index (χ2n) is 9.04. The molecule has 0 saturated heterocycles. The summed E-state index contributed by atoms with van der Waals surface area (Å²) >= 11 is 0. The summed E-state index contributed by atoms with van der Waals surface area (Å²) in [6.07, 6.45) is 3.16. The second kappa shape index (κ2) is 8.31. The molecule has 0 aliphatic rings. The van der Waals surface area contributed by atoms with Gasteiger partial charge in [-0.15, -0.1) is 0 Å². The number of aryl methyl sites for hydroxylation is 1. The first kappa shape index (κ1) is 20.6. The van der Waals surface area contributed by atoms with Crippen LogP contribution in [0.5, 0.6) is 0 Å². The molecule has 0 spiro atoms. The lowest BCUT2D eigenvalue weighted by Crippen LogP contribution is -2.43. The minimum absolute atomic E-state index is 0.233. The van der Waals surface area contributed by atoms with Gasteiger partial charge in [-0.25, -0.2) is 9.36 Å². The number of aromatic nitrogens is 1. The maximum Gasteiger partial charge on any atom is 0.339 e. The number of nitrogens with zero attached hydrogens (tertiary/aromatic N) is 2. The number of esters is 1. The molecular formula is C21H34N2O2Si+2. The fraction of sp³-hybridized carbons (Fsp3) is 0.524. The van der Waals surface area contributed by atoms with E-state index >= 15 is 0 Å². The third-order valence-corrected chi connectivity index (χ3v) is 6.73. The number of rotatable bonds is 8. The molecule has 4 nitrogen and oxygen atoms in total. The summed E-state index contributed by atoms with van der Waals surface area (Å²) in [6, 6.07) is 11.1. The summed E-state index contributed by atoms with van der Waals surface area (Å²) in [5, 5.41) is 0.936. The number of quaternary nitrogens is 1. The number of benzene rings is 1. The van der Waals surface area contributed by atoms with Crippen molar-refractivity contribution in [1.82, 2.24) is 0 Å². The maximum absolute atomic E-state index is 12.6. The van der Waals surface area contributed by atoms with Crippen molar-refractivity contribution < 1.29 is 18.6 Å². The fourth-order valence-electron chi connectivity index (χ4n) is 3.16. The van der Waals surface area contributed by atoms with Crippen LogP contribution in [0.25, 0.3) is 10.9 Å². The van der Waals surface area contributed by atoms with Crippen LogP contribution < -0.4 is 4.57 Å². The van der Waals surface area contributed by atoms with Crippen LogP contribution in [-0.4, -0.2) is 52.3 Å². The van der Waals surface area contributed by atoms with Crippen LogP contribution in [0.2, 0.25) is 25.7 Å². The van der Waals surface area contributed by atoms with E-state index in [9.17, 15) is 4.79 Å². The van der Waals surface area contributed by atoms with Crippen molar-refractivity contribution >= 4 is 24.9 Å². The van der Waals surface area contributed by atoms with Gasteiger partial charge in [0.15, 0.2) is 6.20 Å². The molecule has 26 heavy (non-hydrogen) atoms. The lowest BCUT2D eigenvalue weighted by molar-refractivity contribution is -0.890. The molecule has 0 aliphatic heterocycles. The normalized spacial score (nSPS) is 12.4. The van der Waals surface area contributed by atoms with Crippen LogP contribution in [0.15, 0.2) is 36.5 Å². The first-order chi connectivity index (χ1) is 12.1. The van der Waals surface area contributed by atoms with Crippen molar-refractivity contribution in [2.45, 2.75) is 32.1 Å². The van der Waals surface area contributed by atoms with Crippen LogP contribution in [0.3, 0.4) is 0 Å². The van der Waals surface area contributed by atoms with Crippen molar-refractivity contribution in [2.24, 2.45) is 7.05 Å². The average Bonchev–Trinajstić information content (AvgIpc) is 2.53. The van der Waals surface area contributed by atoms with Gasteiger partial charge in [0.25, 0.3) is 0 Å². The molecule has 0 N–H and O–H groups in total. The zero-order valence-electron chi connectivity index (χ0n) is 17.2. The van der Waals surface area contributed by atoms with Gasteiger partial charge in [0.1, 0.15) is 20.2 Å². The number of carbonyl (C=O) groups is 1. The molecule has 0 saturated carbocycles. The number of para-hydroxylation sites is 1. The Morgan fingerprint density at radius 3 is 2.50 bits per heavy atom. The highest BCUT2D eigenvalue weighted by molar-refractivity contribution is 6.76. The molecule has 5 heteroatoms. The average molecular weight is 375 g/mol. The highest BCUT2D eigenvalue weighted by Gasteiger charge is 2.21. The van der Waals surface area contributed by atoms with Crippen molar-refractivity contribution in [3.05, 3.63) is 42.1 Å². The molecule has 0 aliphatic carbocycles. The maximum atomic E-state index is 12.6. The Bertz CT molecular complexity index is 766. The zero-order valence-corrected chi connectivity index (χ0v) is 18.2. The zero-order chi connectivity index (χ0) is 19.4. The van der Waals surface area contributed by atoms with Crippen LogP contribution in [0.1, 0.15) is 16.8 Å². The number of likely N-dealkylation sites (N-methyl/N-ethyl adjacent to an activating group) is 1. The van der Waals surface area contributed by atoms with Crippen molar-refractivity contribution in [2.75, 3.05) is 33.8 Å². The van der Waals surface area contributed by atoms with Gasteiger partial charge in [0, 0.05) is 20.2 Å². The Morgan fingerprint density at radius 1 is 1.12 bits per heavy atom.